The Morgan fingerprint density at radius 2 is 2.25 bits per heavy atom. The number of fused-ring (bicyclic) bond motifs is 1. The maximum absolute atomic E-state index is 11.7. The lowest BCUT2D eigenvalue weighted by Gasteiger charge is -2.25. The highest BCUT2D eigenvalue weighted by Crippen LogP contribution is 2.70. The molecule has 108 valence electrons. The molecule has 3 fully saturated rings. The van der Waals surface area contributed by atoms with Gasteiger partial charge < -0.3 is 9.63 Å². The third-order valence-corrected chi connectivity index (χ3v) is 5.01. The van der Waals surface area contributed by atoms with E-state index in [2.05, 4.69) is 4.98 Å². The summed E-state index contributed by atoms with van der Waals surface area (Å²) in [4.78, 5) is 34.1. The Morgan fingerprint density at radius 3 is 3.00 bits per heavy atom. The summed E-state index contributed by atoms with van der Waals surface area (Å²) in [6, 6.07) is 1.24. The molecule has 1 aromatic heterocycles. The Kier molecular flexibility index (Phi) is 2.30. The van der Waals surface area contributed by atoms with Crippen molar-refractivity contribution in [3.8, 4) is 0 Å². The highest BCUT2D eigenvalue weighted by molar-refractivity contribution is 7.47. The number of ether oxygens (including phenoxy) is 1. The van der Waals surface area contributed by atoms with Crippen molar-refractivity contribution in [1.29, 1.82) is 0 Å². The molecular weight excluding hydrogens is 291 g/mol. The van der Waals surface area contributed by atoms with Crippen molar-refractivity contribution >= 4 is 7.82 Å². The summed E-state index contributed by atoms with van der Waals surface area (Å²) in [5.41, 5.74) is -1.50. The summed E-state index contributed by atoms with van der Waals surface area (Å²) in [7, 11) is -3.96. The van der Waals surface area contributed by atoms with Crippen LogP contribution >= 0.6 is 7.82 Å². The van der Waals surface area contributed by atoms with Crippen LogP contribution in [0.25, 0.3) is 0 Å². The molecule has 2 aliphatic heterocycles. The summed E-state index contributed by atoms with van der Waals surface area (Å²) < 4.78 is 28.0. The van der Waals surface area contributed by atoms with Crippen molar-refractivity contribution < 1.29 is 23.2 Å². The fourth-order valence-corrected chi connectivity index (χ4v) is 4.05. The van der Waals surface area contributed by atoms with Crippen molar-refractivity contribution in [2.45, 2.75) is 24.9 Å². The fraction of sp³-hybridized carbons (Fsp3) is 0.600. The van der Waals surface area contributed by atoms with E-state index in [1.807, 2.05) is 0 Å². The van der Waals surface area contributed by atoms with Gasteiger partial charge in [-0.1, -0.05) is 0 Å². The summed E-state index contributed by atoms with van der Waals surface area (Å²) in [5.74, 6) is 0. The van der Waals surface area contributed by atoms with Crippen molar-refractivity contribution in [2.24, 2.45) is 5.41 Å². The molecule has 0 bridgehead atoms. The van der Waals surface area contributed by atoms with Gasteiger partial charge in [0.05, 0.1) is 18.1 Å². The van der Waals surface area contributed by atoms with Gasteiger partial charge in [0.25, 0.3) is 5.56 Å². The Hall–Kier alpha value is -1.25. The average Bonchev–Trinajstić information content (AvgIpc) is 2.78. The molecule has 20 heavy (non-hydrogen) atoms. The predicted octanol–water partition coefficient (Wildman–Crippen LogP) is -0.660. The molecule has 5 unspecified atom stereocenters. The number of aromatic amines is 1. The molecule has 5 atom stereocenters. The maximum atomic E-state index is 11.7. The lowest BCUT2D eigenvalue weighted by atomic mass is 10.0. The van der Waals surface area contributed by atoms with E-state index in [-0.39, 0.29) is 12.7 Å². The molecule has 0 aromatic carbocycles. The minimum absolute atomic E-state index is 0.0602. The first-order valence-corrected chi connectivity index (χ1v) is 7.54. The Morgan fingerprint density at radius 1 is 1.45 bits per heavy atom. The van der Waals surface area contributed by atoms with E-state index in [0.717, 1.165) is 0 Å². The molecule has 10 heteroatoms. The zero-order valence-corrected chi connectivity index (χ0v) is 11.0. The van der Waals surface area contributed by atoms with Gasteiger partial charge in [0.1, 0.15) is 12.3 Å². The molecule has 1 spiro atoms. The zero-order chi connectivity index (χ0) is 14.1. The lowest BCUT2D eigenvalue weighted by molar-refractivity contribution is -0.0236. The topological polar surface area (TPSA) is 120 Å². The summed E-state index contributed by atoms with van der Waals surface area (Å²) in [6.07, 6.45) is 0.415. The fourth-order valence-electron chi connectivity index (χ4n) is 2.98. The quantitative estimate of drug-likeness (QED) is 0.661. The molecule has 0 amide bonds. The number of hydrogen-bond acceptors (Lipinski definition) is 6. The largest absolute Gasteiger partial charge is 0.472 e. The number of aromatic nitrogens is 2. The van der Waals surface area contributed by atoms with E-state index >= 15 is 0 Å². The van der Waals surface area contributed by atoms with E-state index < -0.39 is 36.8 Å². The Labute approximate surface area is 111 Å². The van der Waals surface area contributed by atoms with Crippen LogP contribution in [0.3, 0.4) is 0 Å². The Bertz CT molecular complexity index is 742. The minimum Gasteiger partial charge on any atom is -0.351 e. The summed E-state index contributed by atoms with van der Waals surface area (Å²) >= 11 is 0. The molecule has 1 aliphatic carbocycles. The molecule has 2 N–H and O–H groups in total. The van der Waals surface area contributed by atoms with Crippen LogP contribution in [0.4, 0.5) is 0 Å². The van der Waals surface area contributed by atoms with E-state index in [9.17, 15) is 19.0 Å². The lowest BCUT2D eigenvalue weighted by Crippen LogP contribution is -2.33. The van der Waals surface area contributed by atoms with Crippen LogP contribution < -0.4 is 11.2 Å². The number of nitrogens with one attached hydrogen (secondary N) is 1. The number of nitrogens with zero attached hydrogens (tertiary/aromatic N) is 1. The van der Waals surface area contributed by atoms with Gasteiger partial charge in [-0.15, -0.1) is 0 Å². The smallest absolute Gasteiger partial charge is 0.351 e. The number of H-pyrrole nitrogens is 1. The van der Waals surface area contributed by atoms with Crippen LogP contribution in [0.1, 0.15) is 12.6 Å². The normalized spacial score (nSPS) is 45.8. The zero-order valence-electron chi connectivity index (χ0n) is 10.1. The van der Waals surface area contributed by atoms with Gasteiger partial charge in [-0.25, -0.2) is 9.36 Å². The van der Waals surface area contributed by atoms with Crippen molar-refractivity contribution in [3.63, 3.8) is 0 Å². The monoisotopic (exact) mass is 302 g/mol. The van der Waals surface area contributed by atoms with Gasteiger partial charge in [-0.05, 0) is 0 Å². The molecule has 9 nitrogen and oxygen atoms in total. The summed E-state index contributed by atoms with van der Waals surface area (Å²) in [6.45, 7) is 0.0602. The van der Waals surface area contributed by atoms with Crippen molar-refractivity contribution in [2.75, 3.05) is 6.61 Å². The van der Waals surface area contributed by atoms with Gasteiger partial charge in [-0.2, -0.15) is 0 Å². The molecule has 1 saturated carbocycles. The number of phosphoric ester groups is 1. The third kappa shape index (κ3) is 1.61. The molecule has 2 saturated heterocycles. The van der Waals surface area contributed by atoms with Gasteiger partial charge in [0.15, 0.2) is 0 Å². The van der Waals surface area contributed by atoms with E-state index in [0.29, 0.717) is 6.42 Å². The third-order valence-electron chi connectivity index (χ3n) is 4.06. The average molecular weight is 302 g/mol. The molecule has 1 aromatic rings. The first-order valence-electron chi connectivity index (χ1n) is 6.04. The molecule has 3 aliphatic rings. The second-order valence-electron chi connectivity index (χ2n) is 5.23. The van der Waals surface area contributed by atoms with E-state index in [1.54, 1.807) is 0 Å². The van der Waals surface area contributed by atoms with Crippen LogP contribution in [-0.4, -0.2) is 33.3 Å². The standard InChI is InChI=1S/C10H11N2O7P/c13-5-1-2-12(9(14)11-5)6-3-10-4-17-20(15,16)19-8(10)7(10)18-6/h1-2,6-8H,3-4H2,(H,15,16)(H,11,13,14). The van der Waals surface area contributed by atoms with Crippen LogP contribution in [0, 0.1) is 5.41 Å². The van der Waals surface area contributed by atoms with Gasteiger partial charge in [0.2, 0.25) is 0 Å². The van der Waals surface area contributed by atoms with Crippen molar-refractivity contribution in [3.05, 3.63) is 33.1 Å². The molecule has 4 rings (SSSR count). The van der Waals surface area contributed by atoms with Crippen LogP contribution in [0.15, 0.2) is 21.9 Å². The highest BCUT2D eigenvalue weighted by atomic mass is 31.2. The molecular formula is C10H11N2O7P. The number of hydrogen-bond donors (Lipinski definition) is 2. The highest BCUT2D eigenvalue weighted by Gasteiger charge is 2.76. The SMILES string of the molecule is O=c1ccn(C2CC34COP(=O)(O)OC3C4O2)c(=O)[nH]1. The van der Waals surface area contributed by atoms with Crippen molar-refractivity contribution in [1.82, 2.24) is 9.55 Å². The minimum atomic E-state index is -3.96. The van der Waals surface area contributed by atoms with Crippen LogP contribution in [-0.2, 0) is 18.3 Å². The van der Waals surface area contributed by atoms with Crippen LogP contribution in [0.2, 0.25) is 0 Å². The van der Waals surface area contributed by atoms with Gasteiger partial charge >= 0.3 is 13.5 Å². The number of rotatable bonds is 1. The van der Waals surface area contributed by atoms with E-state index in [4.69, 9.17) is 13.8 Å². The number of phosphoric acid groups is 1. The van der Waals surface area contributed by atoms with Gasteiger partial charge in [-0.3, -0.25) is 23.4 Å². The molecule has 0 radical (unpaired) electrons. The second-order valence-corrected chi connectivity index (χ2v) is 6.64. The summed E-state index contributed by atoms with van der Waals surface area (Å²) in [5, 5.41) is 0. The predicted molar refractivity (Wildman–Crippen MR) is 62.9 cm³/mol. The molecule has 3 heterocycles. The van der Waals surface area contributed by atoms with Gasteiger partial charge in [0, 0.05) is 18.7 Å². The maximum Gasteiger partial charge on any atom is 0.472 e. The first-order chi connectivity index (χ1) is 9.41. The second kappa shape index (κ2) is 3.69. The van der Waals surface area contributed by atoms with E-state index in [1.165, 1.54) is 16.8 Å². The van der Waals surface area contributed by atoms with Crippen LogP contribution in [0.5, 0.6) is 0 Å². The first kappa shape index (κ1) is 12.5. The Balaban J connectivity index is 1.59.